The Balaban J connectivity index is 1.52. The summed E-state index contributed by atoms with van der Waals surface area (Å²) in [7, 11) is 1.65. The third kappa shape index (κ3) is 3.93. The van der Waals surface area contributed by atoms with Crippen LogP contribution in [0, 0.1) is 0 Å². The number of fused-ring (bicyclic) bond motifs is 3. The molecule has 29 heavy (non-hydrogen) atoms. The van der Waals surface area contributed by atoms with Gasteiger partial charge < -0.3 is 9.47 Å². The number of carbonyl (C=O) groups excluding carboxylic acids is 2. The second-order valence-corrected chi connectivity index (χ2v) is 8.40. The number of rotatable bonds is 5. The van der Waals surface area contributed by atoms with Crippen molar-refractivity contribution in [3.8, 4) is 16.2 Å². The van der Waals surface area contributed by atoms with E-state index in [4.69, 9.17) is 21.1 Å². The molecule has 1 aliphatic carbocycles. The fourth-order valence-corrected chi connectivity index (χ4v) is 4.74. The standard InChI is InChI=1S/C23H19ClO4S/c1-13(21(25)14-5-7-17(24)8-6-14)28-23(26)20-12-16-4-3-15-11-18(27-2)9-10-19(15)22(16)29-20/h5-13H,3-4H2,1-2H3/t13-/m1/s1. The highest BCUT2D eigenvalue weighted by atomic mass is 35.5. The molecule has 4 rings (SSSR count). The van der Waals surface area contributed by atoms with Crippen molar-refractivity contribution in [1.82, 2.24) is 0 Å². The van der Waals surface area contributed by atoms with Crippen molar-refractivity contribution in [3.63, 3.8) is 0 Å². The zero-order chi connectivity index (χ0) is 20.5. The topological polar surface area (TPSA) is 52.6 Å². The molecule has 0 bridgehead atoms. The highest BCUT2D eigenvalue weighted by Crippen LogP contribution is 2.41. The van der Waals surface area contributed by atoms with E-state index in [0.29, 0.717) is 15.5 Å². The van der Waals surface area contributed by atoms with Crippen molar-refractivity contribution in [3.05, 3.63) is 75.1 Å². The number of halogens is 1. The number of esters is 1. The van der Waals surface area contributed by atoms with Gasteiger partial charge in [0.05, 0.1) is 7.11 Å². The Labute approximate surface area is 178 Å². The van der Waals surface area contributed by atoms with Crippen molar-refractivity contribution < 1.29 is 19.1 Å². The van der Waals surface area contributed by atoms with Gasteiger partial charge in [-0.1, -0.05) is 11.6 Å². The number of hydrogen-bond donors (Lipinski definition) is 0. The molecule has 0 N–H and O–H groups in total. The second-order valence-electron chi connectivity index (χ2n) is 6.91. The van der Waals surface area contributed by atoms with E-state index in [9.17, 15) is 9.59 Å². The lowest BCUT2D eigenvalue weighted by molar-refractivity contribution is 0.0323. The third-order valence-corrected chi connectivity index (χ3v) is 6.46. The molecule has 4 nitrogen and oxygen atoms in total. The number of Topliss-reactive ketones (excluding diaryl/α,β-unsaturated/α-hetero) is 1. The molecule has 0 spiro atoms. The molecule has 0 aliphatic heterocycles. The van der Waals surface area contributed by atoms with Gasteiger partial charge in [-0.15, -0.1) is 11.3 Å². The fourth-order valence-electron chi connectivity index (χ4n) is 3.46. The summed E-state index contributed by atoms with van der Waals surface area (Å²) in [6.45, 7) is 1.59. The van der Waals surface area contributed by atoms with Gasteiger partial charge in [0, 0.05) is 15.5 Å². The van der Waals surface area contributed by atoms with E-state index >= 15 is 0 Å². The predicted molar refractivity (Wildman–Crippen MR) is 114 cm³/mol. The maximum absolute atomic E-state index is 12.7. The SMILES string of the molecule is COc1ccc2c(c1)CCc1cc(C(=O)O[C@H](C)C(=O)c3ccc(Cl)cc3)sc1-2. The number of methoxy groups -OCH3 is 1. The molecule has 0 amide bonds. The first-order valence-corrected chi connectivity index (χ1v) is 10.5. The van der Waals surface area contributed by atoms with Gasteiger partial charge in [0.1, 0.15) is 10.6 Å². The number of ether oxygens (including phenoxy) is 2. The van der Waals surface area contributed by atoms with Gasteiger partial charge in [0.2, 0.25) is 5.78 Å². The predicted octanol–water partition coefficient (Wildman–Crippen LogP) is 5.60. The van der Waals surface area contributed by atoms with Crippen LogP contribution in [0.5, 0.6) is 5.75 Å². The van der Waals surface area contributed by atoms with Gasteiger partial charge in [-0.2, -0.15) is 0 Å². The van der Waals surface area contributed by atoms with Crippen molar-refractivity contribution >= 4 is 34.7 Å². The highest BCUT2D eigenvalue weighted by Gasteiger charge is 2.25. The zero-order valence-electron chi connectivity index (χ0n) is 16.0. The normalized spacial score (nSPS) is 13.2. The fraction of sp³-hybridized carbons (Fsp3) is 0.217. The van der Waals surface area contributed by atoms with E-state index in [-0.39, 0.29) is 5.78 Å². The second kappa shape index (κ2) is 8.01. The van der Waals surface area contributed by atoms with Crippen LogP contribution in [-0.4, -0.2) is 25.0 Å². The summed E-state index contributed by atoms with van der Waals surface area (Å²) < 4.78 is 10.8. The summed E-state index contributed by atoms with van der Waals surface area (Å²) in [6, 6.07) is 14.4. The van der Waals surface area contributed by atoms with Crippen molar-refractivity contribution in [2.75, 3.05) is 7.11 Å². The molecule has 1 aromatic heterocycles. The lowest BCUT2D eigenvalue weighted by atomic mass is 9.91. The number of carbonyl (C=O) groups is 2. The Morgan fingerprint density at radius 2 is 1.76 bits per heavy atom. The van der Waals surface area contributed by atoms with Crippen LogP contribution in [0.25, 0.3) is 10.4 Å². The van der Waals surface area contributed by atoms with Gasteiger partial charge >= 0.3 is 5.97 Å². The quantitative estimate of drug-likeness (QED) is 0.393. The summed E-state index contributed by atoms with van der Waals surface area (Å²) in [5.41, 5.74) is 3.94. The minimum atomic E-state index is -0.876. The maximum Gasteiger partial charge on any atom is 0.349 e. The van der Waals surface area contributed by atoms with E-state index < -0.39 is 12.1 Å². The Morgan fingerprint density at radius 3 is 2.48 bits per heavy atom. The summed E-state index contributed by atoms with van der Waals surface area (Å²) in [6.07, 6.45) is 0.883. The first-order valence-electron chi connectivity index (χ1n) is 9.27. The van der Waals surface area contributed by atoms with Crippen molar-refractivity contribution in [1.29, 1.82) is 0 Å². The average Bonchev–Trinajstić information content (AvgIpc) is 3.18. The van der Waals surface area contributed by atoms with Crippen LogP contribution < -0.4 is 4.74 Å². The molecule has 0 unspecified atom stereocenters. The minimum absolute atomic E-state index is 0.256. The van der Waals surface area contributed by atoms with Crippen LogP contribution in [0.15, 0.2) is 48.5 Å². The third-order valence-electron chi connectivity index (χ3n) is 5.01. The molecule has 1 heterocycles. The number of ketones is 1. The molecule has 6 heteroatoms. The summed E-state index contributed by atoms with van der Waals surface area (Å²) in [5, 5.41) is 0.549. The average molecular weight is 427 g/mol. The van der Waals surface area contributed by atoms with Crippen LogP contribution in [-0.2, 0) is 17.6 Å². The smallest absolute Gasteiger partial charge is 0.349 e. The molecular weight excluding hydrogens is 408 g/mol. The lowest BCUT2D eigenvalue weighted by Gasteiger charge is -2.16. The monoisotopic (exact) mass is 426 g/mol. The number of benzene rings is 2. The number of thiophene rings is 1. The van der Waals surface area contributed by atoms with Gasteiger partial charge in [0.15, 0.2) is 6.10 Å². The Morgan fingerprint density at radius 1 is 1.03 bits per heavy atom. The summed E-state index contributed by atoms with van der Waals surface area (Å²) in [5.74, 6) is 0.0981. The van der Waals surface area contributed by atoms with Crippen molar-refractivity contribution in [2.45, 2.75) is 25.9 Å². The molecular formula is C23H19ClO4S. The molecule has 2 aromatic carbocycles. The molecule has 0 saturated carbocycles. The van der Waals surface area contributed by atoms with Gasteiger partial charge in [-0.25, -0.2) is 4.79 Å². The molecule has 1 atom stereocenters. The van der Waals surface area contributed by atoms with E-state index in [1.807, 2.05) is 24.3 Å². The molecule has 0 radical (unpaired) electrons. The van der Waals surface area contributed by atoms with E-state index in [1.54, 1.807) is 38.3 Å². The van der Waals surface area contributed by atoms with Crippen LogP contribution >= 0.6 is 22.9 Å². The first kappa shape index (κ1) is 19.7. The lowest BCUT2D eigenvalue weighted by Crippen LogP contribution is -2.24. The molecule has 0 saturated heterocycles. The van der Waals surface area contributed by atoms with E-state index in [1.165, 1.54) is 16.9 Å². The molecule has 0 fully saturated rings. The molecule has 3 aromatic rings. The van der Waals surface area contributed by atoms with Crippen LogP contribution in [0.2, 0.25) is 5.02 Å². The maximum atomic E-state index is 12.7. The van der Waals surface area contributed by atoms with Gasteiger partial charge in [0.25, 0.3) is 0 Å². The van der Waals surface area contributed by atoms with E-state index in [2.05, 4.69) is 0 Å². The van der Waals surface area contributed by atoms with Gasteiger partial charge in [-0.05, 0) is 85.0 Å². The van der Waals surface area contributed by atoms with Crippen LogP contribution in [0.4, 0.5) is 0 Å². The Bertz CT molecular complexity index is 1080. The summed E-state index contributed by atoms with van der Waals surface area (Å²) >= 11 is 7.27. The highest BCUT2D eigenvalue weighted by molar-refractivity contribution is 7.17. The minimum Gasteiger partial charge on any atom is -0.497 e. The zero-order valence-corrected chi connectivity index (χ0v) is 17.6. The first-order chi connectivity index (χ1) is 14.0. The van der Waals surface area contributed by atoms with Crippen molar-refractivity contribution in [2.24, 2.45) is 0 Å². The summed E-state index contributed by atoms with van der Waals surface area (Å²) in [4.78, 5) is 26.8. The number of hydrogen-bond acceptors (Lipinski definition) is 5. The van der Waals surface area contributed by atoms with Crippen LogP contribution in [0.1, 0.15) is 38.1 Å². The van der Waals surface area contributed by atoms with E-state index in [0.717, 1.165) is 34.6 Å². The van der Waals surface area contributed by atoms with Gasteiger partial charge in [-0.3, -0.25) is 4.79 Å². The molecule has 148 valence electrons. The number of aryl methyl sites for hydroxylation is 2. The largest absolute Gasteiger partial charge is 0.497 e. The molecule has 1 aliphatic rings. The Hall–Kier alpha value is -2.63. The Kier molecular flexibility index (Phi) is 5.43. The van der Waals surface area contributed by atoms with Crippen LogP contribution in [0.3, 0.4) is 0 Å².